The summed E-state index contributed by atoms with van der Waals surface area (Å²) >= 11 is 0. The Morgan fingerprint density at radius 3 is 2.67 bits per heavy atom. The summed E-state index contributed by atoms with van der Waals surface area (Å²) in [5.41, 5.74) is 3.96. The second-order valence-corrected chi connectivity index (χ2v) is 4.80. The zero-order valence-electron chi connectivity index (χ0n) is 12.2. The minimum Gasteiger partial charge on any atom is -0.391 e. The quantitative estimate of drug-likeness (QED) is 0.674. The van der Waals surface area contributed by atoms with Crippen LogP contribution in [0.4, 0.5) is 5.69 Å². The largest absolute Gasteiger partial charge is 0.391 e. The second-order valence-electron chi connectivity index (χ2n) is 4.80. The van der Waals surface area contributed by atoms with Gasteiger partial charge in [-0.15, -0.1) is 0 Å². The van der Waals surface area contributed by atoms with Crippen molar-refractivity contribution in [3.63, 3.8) is 0 Å². The molecule has 0 spiro atoms. The Labute approximate surface area is 124 Å². The van der Waals surface area contributed by atoms with Gasteiger partial charge in [0.2, 0.25) is 0 Å². The summed E-state index contributed by atoms with van der Waals surface area (Å²) in [5, 5.41) is 6.44. The lowest BCUT2D eigenvalue weighted by molar-refractivity contribution is -0.110. The molecule has 4 nitrogen and oxygen atoms in total. The fourth-order valence-electron chi connectivity index (χ4n) is 1.89. The van der Waals surface area contributed by atoms with E-state index in [-0.39, 0.29) is 5.91 Å². The number of carbonyl (C=O) groups excluding carboxylic acids is 1. The standard InChI is InChI=1S/C17H18N2O2/c1-13-8-9-16(14(2)10-13)19-17(20)11-18-21-12-15-6-4-3-5-7-15/h3-11H,12H2,1-2H3,(H,19,20)/b18-11+. The minimum atomic E-state index is -0.310. The Kier molecular flexibility index (Phi) is 5.10. The van der Waals surface area contributed by atoms with Crippen LogP contribution in [0.5, 0.6) is 0 Å². The maximum Gasteiger partial charge on any atom is 0.270 e. The van der Waals surface area contributed by atoms with Crippen molar-refractivity contribution >= 4 is 17.8 Å². The highest BCUT2D eigenvalue weighted by atomic mass is 16.6. The number of nitrogens with zero attached hydrogens (tertiary/aromatic N) is 1. The number of aryl methyl sites for hydroxylation is 2. The van der Waals surface area contributed by atoms with E-state index in [0.29, 0.717) is 6.61 Å². The van der Waals surface area contributed by atoms with Gasteiger partial charge in [0.25, 0.3) is 5.91 Å². The fraction of sp³-hybridized carbons (Fsp3) is 0.176. The molecule has 0 aliphatic heterocycles. The van der Waals surface area contributed by atoms with Crippen molar-refractivity contribution in [2.45, 2.75) is 20.5 Å². The molecule has 0 aliphatic carbocycles. The molecular formula is C17H18N2O2. The van der Waals surface area contributed by atoms with Crippen LogP contribution >= 0.6 is 0 Å². The van der Waals surface area contributed by atoms with Crippen molar-refractivity contribution in [1.82, 2.24) is 0 Å². The summed E-state index contributed by atoms with van der Waals surface area (Å²) in [5.74, 6) is -0.310. The van der Waals surface area contributed by atoms with Crippen LogP contribution in [0.15, 0.2) is 53.7 Å². The third-order valence-electron chi connectivity index (χ3n) is 2.96. The molecule has 0 bridgehead atoms. The molecule has 0 unspecified atom stereocenters. The number of hydrogen-bond donors (Lipinski definition) is 1. The lowest BCUT2D eigenvalue weighted by Gasteiger charge is -2.06. The molecule has 0 heterocycles. The van der Waals surface area contributed by atoms with Gasteiger partial charge in [0.15, 0.2) is 0 Å². The van der Waals surface area contributed by atoms with E-state index in [1.54, 1.807) is 0 Å². The van der Waals surface area contributed by atoms with Crippen LogP contribution in [0.2, 0.25) is 0 Å². The number of oxime groups is 1. The molecule has 0 radical (unpaired) electrons. The highest BCUT2D eigenvalue weighted by molar-refractivity contribution is 6.31. The van der Waals surface area contributed by atoms with Gasteiger partial charge >= 0.3 is 0 Å². The van der Waals surface area contributed by atoms with Crippen LogP contribution in [0.25, 0.3) is 0 Å². The fourth-order valence-corrected chi connectivity index (χ4v) is 1.89. The number of carbonyl (C=O) groups is 1. The molecule has 2 aromatic carbocycles. The third kappa shape index (κ3) is 4.76. The predicted octanol–water partition coefficient (Wildman–Crippen LogP) is 3.44. The summed E-state index contributed by atoms with van der Waals surface area (Å²) in [6, 6.07) is 15.5. The van der Waals surface area contributed by atoms with Gasteiger partial charge in [0, 0.05) is 5.69 Å². The maximum atomic E-state index is 11.7. The van der Waals surface area contributed by atoms with Crippen molar-refractivity contribution in [2.75, 3.05) is 5.32 Å². The van der Waals surface area contributed by atoms with Crippen LogP contribution in [-0.2, 0) is 16.2 Å². The average molecular weight is 282 g/mol. The van der Waals surface area contributed by atoms with Gasteiger partial charge in [-0.3, -0.25) is 4.79 Å². The van der Waals surface area contributed by atoms with Gasteiger partial charge in [0.05, 0.1) is 0 Å². The van der Waals surface area contributed by atoms with Gasteiger partial charge in [0.1, 0.15) is 12.8 Å². The van der Waals surface area contributed by atoms with Crippen molar-refractivity contribution in [1.29, 1.82) is 0 Å². The molecule has 0 fully saturated rings. The number of rotatable bonds is 5. The first-order valence-electron chi connectivity index (χ1n) is 6.72. The van der Waals surface area contributed by atoms with Gasteiger partial charge in [-0.05, 0) is 31.0 Å². The van der Waals surface area contributed by atoms with Crippen molar-refractivity contribution in [3.8, 4) is 0 Å². The van der Waals surface area contributed by atoms with E-state index in [2.05, 4.69) is 10.5 Å². The van der Waals surface area contributed by atoms with E-state index < -0.39 is 0 Å². The Morgan fingerprint density at radius 2 is 1.95 bits per heavy atom. The van der Waals surface area contributed by atoms with Gasteiger partial charge < -0.3 is 10.2 Å². The zero-order chi connectivity index (χ0) is 15.1. The maximum absolute atomic E-state index is 11.7. The van der Waals surface area contributed by atoms with Crippen LogP contribution in [0.3, 0.4) is 0 Å². The SMILES string of the molecule is Cc1ccc(NC(=O)/C=N/OCc2ccccc2)c(C)c1. The number of nitrogens with one attached hydrogen (secondary N) is 1. The van der Waals surface area contributed by atoms with Gasteiger partial charge in [-0.25, -0.2) is 0 Å². The molecule has 21 heavy (non-hydrogen) atoms. The molecule has 0 atom stereocenters. The molecule has 4 heteroatoms. The molecule has 0 saturated carbocycles. The normalized spacial score (nSPS) is 10.6. The molecule has 2 aromatic rings. The Bertz CT molecular complexity index is 636. The zero-order valence-corrected chi connectivity index (χ0v) is 12.2. The van der Waals surface area contributed by atoms with E-state index in [0.717, 1.165) is 28.6 Å². The molecule has 1 N–H and O–H groups in total. The van der Waals surface area contributed by atoms with E-state index in [1.807, 2.05) is 62.4 Å². The third-order valence-corrected chi connectivity index (χ3v) is 2.96. The number of hydrogen-bond acceptors (Lipinski definition) is 3. The highest BCUT2D eigenvalue weighted by Crippen LogP contribution is 2.15. The number of anilines is 1. The molecule has 108 valence electrons. The van der Waals surface area contributed by atoms with E-state index in [9.17, 15) is 4.79 Å². The topological polar surface area (TPSA) is 50.7 Å². The van der Waals surface area contributed by atoms with Crippen LogP contribution in [-0.4, -0.2) is 12.1 Å². The summed E-state index contributed by atoms with van der Waals surface area (Å²) in [6.07, 6.45) is 1.14. The lowest BCUT2D eigenvalue weighted by Crippen LogP contribution is -2.13. The monoisotopic (exact) mass is 282 g/mol. The molecule has 1 amide bonds. The molecule has 0 saturated heterocycles. The Balaban J connectivity index is 1.82. The first kappa shape index (κ1) is 14.8. The first-order valence-corrected chi connectivity index (χ1v) is 6.72. The van der Waals surface area contributed by atoms with Crippen molar-refractivity contribution in [3.05, 3.63) is 65.2 Å². The van der Waals surface area contributed by atoms with E-state index >= 15 is 0 Å². The lowest BCUT2D eigenvalue weighted by atomic mass is 10.1. The van der Waals surface area contributed by atoms with Gasteiger partial charge in [-0.1, -0.05) is 53.2 Å². The predicted molar refractivity (Wildman–Crippen MR) is 84.3 cm³/mol. The molecule has 2 rings (SSSR count). The summed E-state index contributed by atoms with van der Waals surface area (Å²) in [7, 11) is 0. The molecular weight excluding hydrogens is 264 g/mol. The first-order chi connectivity index (χ1) is 10.1. The van der Waals surface area contributed by atoms with Crippen LogP contribution in [0, 0.1) is 13.8 Å². The molecule has 0 aliphatic rings. The Morgan fingerprint density at radius 1 is 1.19 bits per heavy atom. The minimum absolute atomic E-state index is 0.310. The average Bonchev–Trinajstić information content (AvgIpc) is 2.48. The van der Waals surface area contributed by atoms with Crippen molar-refractivity contribution in [2.24, 2.45) is 5.16 Å². The smallest absolute Gasteiger partial charge is 0.270 e. The van der Waals surface area contributed by atoms with E-state index in [1.165, 1.54) is 0 Å². The van der Waals surface area contributed by atoms with Crippen LogP contribution < -0.4 is 5.32 Å². The summed E-state index contributed by atoms with van der Waals surface area (Å²) in [6.45, 7) is 4.30. The van der Waals surface area contributed by atoms with E-state index in [4.69, 9.17) is 4.84 Å². The molecule has 0 aromatic heterocycles. The summed E-state index contributed by atoms with van der Waals surface area (Å²) < 4.78 is 0. The Hall–Kier alpha value is -2.62. The van der Waals surface area contributed by atoms with Crippen LogP contribution in [0.1, 0.15) is 16.7 Å². The highest BCUT2D eigenvalue weighted by Gasteiger charge is 2.02. The second kappa shape index (κ2) is 7.24. The number of benzene rings is 2. The summed E-state index contributed by atoms with van der Waals surface area (Å²) in [4.78, 5) is 16.8. The number of amides is 1. The van der Waals surface area contributed by atoms with Gasteiger partial charge in [-0.2, -0.15) is 0 Å². The van der Waals surface area contributed by atoms with Crippen molar-refractivity contribution < 1.29 is 9.63 Å².